The number of alkyl halides is 3. The van der Waals surface area contributed by atoms with Crippen molar-refractivity contribution in [3.63, 3.8) is 0 Å². The Kier molecular flexibility index (Phi) is 6.43. The van der Waals surface area contributed by atoms with Crippen LogP contribution in [0.25, 0.3) is 0 Å². The summed E-state index contributed by atoms with van der Waals surface area (Å²) in [6, 6.07) is 6.36. The van der Waals surface area contributed by atoms with E-state index in [1.165, 1.54) is 18.2 Å². The molecule has 1 heterocycles. The minimum absolute atomic E-state index is 0.102. The molecule has 1 unspecified atom stereocenters. The Bertz CT molecular complexity index is 1190. The van der Waals surface area contributed by atoms with Crippen LogP contribution in [0.4, 0.5) is 17.6 Å². The fourth-order valence-electron chi connectivity index (χ4n) is 3.18. The second kappa shape index (κ2) is 8.49. The zero-order chi connectivity index (χ0) is 23.9. The first kappa shape index (κ1) is 24.2. The van der Waals surface area contributed by atoms with Gasteiger partial charge in [0.25, 0.3) is 0 Å². The van der Waals surface area contributed by atoms with Gasteiger partial charge in [-0.25, -0.2) is 12.8 Å². The number of nitrogens with zero attached hydrogens (tertiary/aromatic N) is 2. The van der Waals surface area contributed by atoms with Gasteiger partial charge in [-0.05, 0) is 30.3 Å². The first-order chi connectivity index (χ1) is 14.8. The van der Waals surface area contributed by atoms with Crippen LogP contribution in [0.1, 0.15) is 11.1 Å². The fraction of sp³-hybridized carbons (Fsp3) is 0.316. The summed E-state index contributed by atoms with van der Waals surface area (Å²) in [7, 11) is -4.57. The van der Waals surface area contributed by atoms with Crippen molar-refractivity contribution in [2.75, 3.05) is 19.7 Å². The highest BCUT2D eigenvalue weighted by atomic mass is 35.5. The van der Waals surface area contributed by atoms with Gasteiger partial charge in [0.15, 0.2) is 0 Å². The van der Waals surface area contributed by atoms with E-state index in [2.05, 4.69) is 0 Å². The SMILES string of the molecule is N#Cc1cc(C(F)(F)F)ccc1S(=O)(=O)N1CC(Oc2ccc(Cl)c(F)c2)[C@](O)(CO)C1. The highest BCUT2D eigenvalue weighted by Gasteiger charge is 2.51. The maximum absolute atomic E-state index is 13.7. The summed E-state index contributed by atoms with van der Waals surface area (Å²) in [6.45, 7) is -2.15. The smallest absolute Gasteiger partial charge is 0.416 e. The summed E-state index contributed by atoms with van der Waals surface area (Å²) in [5.74, 6) is -0.933. The van der Waals surface area contributed by atoms with E-state index in [0.717, 1.165) is 6.07 Å². The summed E-state index contributed by atoms with van der Waals surface area (Å²) >= 11 is 5.60. The van der Waals surface area contributed by atoms with Crippen LogP contribution in [0.5, 0.6) is 5.75 Å². The number of sulfonamides is 1. The third kappa shape index (κ3) is 4.53. The minimum atomic E-state index is -4.79. The van der Waals surface area contributed by atoms with Crippen LogP contribution in [0.3, 0.4) is 0 Å². The number of β-amino-alcohol motifs (C(OH)–C–C–N with tert-alkyl or cyclic N) is 1. The van der Waals surface area contributed by atoms with Gasteiger partial charge in [-0.3, -0.25) is 0 Å². The summed E-state index contributed by atoms with van der Waals surface area (Å²) in [5.41, 5.74) is -4.05. The van der Waals surface area contributed by atoms with Crippen molar-refractivity contribution in [2.24, 2.45) is 0 Å². The maximum Gasteiger partial charge on any atom is 0.416 e. The normalized spacial score (nSPS) is 22.0. The average molecular weight is 495 g/mol. The van der Waals surface area contributed by atoms with Crippen LogP contribution in [-0.2, 0) is 16.2 Å². The molecule has 1 fully saturated rings. The van der Waals surface area contributed by atoms with E-state index in [1.54, 1.807) is 0 Å². The lowest BCUT2D eigenvalue weighted by molar-refractivity contribution is -0.137. The number of rotatable bonds is 5. The summed E-state index contributed by atoms with van der Waals surface area (Å²) in [4.78, 5) is -0.702. The van der Waals surface area contributed by atoms with E-state index in [4.69, 9.17) is 16.3 Å². The minimum Gasteiger partial charge on any atom is -0.486 e. The van der Waals surface area contributed by atoms with Crippen molar-refractivity contribution < 1.29 is 40.9 Å². The van der Waals surface area contributed by atoms with E-state index in [-0.39, 0.29) is 10.8 Å². The van der Waals surface area contributed by atoms with Crippen LogP contribution in [0.15, 0.2) is 41.3 Å². The van der Waals surface area contributed by atoms with Crippen molar-refractivity contribution in [3.8, 4) is 11.8 Å². The molecule has 13 heteroatoms. The molecule has 7 nitrogen and oxygen atoms in total. The van der Waals surface area contributed by atoms with Gasteiger partial charge in [0.2, 0.25) is 10.0 Å². The van der Waals surface area contributed by atoms with Gasteiger partial charge < -0.3 is 14.9 Å². The predicted molar refractivity (Wildman–Crippen MR) is 103 cm³/mol. The van der Waals surface area contributed by atoms with Crippen molar-refractivity contribution in [1.82, 2.24) is 4.31 Å². The van der Waals surface area contributed by atoms with Crippen molar-refractivity contribution in [3.05, 3.63) is 58.4 Å². The predicted octanol–water partition coefficient (Wildman–Crippen LogP) is 2.54. The zero-order valence-corrected chi connectivity index (χ0v) is 17.5. The standard InChI is InChI=1S/C19H15ClF4N2O5S/c20-14-3-2-13(6-15(14)21)31-17-8-26(9-18(17,28)10-27)32(29,30)16-4-1-12(19(22,23)24)5-11(16)7-25/h1-6,17,27-28H,8-10H2/t17?,18-/m1/s1. The lowest BCUT2D eigenvalue weighted by Gasteiger charge is -2.27. The van der Waals surface area contributed by atoms with Gasteiger partial charge in [-0.15, -0.1) is 0 Å². The number of aliphatic hydroxyl groups is 2. The molecule has 0 bridgehead atoms. The van der Waals surface area contributed by atoms with Crippen LogP contribution in [-0.4, -0.2) is 54.3 Å². The molecule has 0 saturated carbocycles. The Balaban J connectivity index is 1.94. The van der Waals surface area contributed by atoms with Crippen molar-refractivity contribution >= 4 is 21.6 Å². The number of aliphatic hydroxyl groups excluding tert-OH is 1. The highest BCUT2D eigenvalue weighted by molar-refractivity contribution is 7.89. The third-order valence-electron chi connectivity index (χ3n) is 4.91. The van der Waals surface area contributed by atoms with E-state index >= 15 is 0 Å². The topological polar surface area (TPSA) is 111 Å². The summed E-state index contributed by atoms with van der Waals surface area (Å²) in [5, 5.41) is 29.3. The largest absolute Gasteiger partial charge is 0.486 e. The molecule has 0 spiro atoms. The zero-order valence-electron chi connectivity index (χ0n) is 16.0. The quantitative estimate of drug-likeness (QED) is 0.618. The fourth-order valence-corrected chi connectivity index (χ4v) is 4.92. The van der Waals surface area contributed by atoms with Gasteiger partial charge in [-0.1, -0.05) is 11.6 Å². The van der Waals surface area contributed by atoms with E-state index < -0.39 is 69.4 Å². The Morgan fingerprint density at radius 1 is 1.28 bits per heavy atom. The van der Waals surface area contributed by atoms with Gasteiger partial charge in [0.1, 0.15) is 29.3 Å². The third-order valence-corrected chi connectivity index (χ3v) is 7.08. The molecule has 0 aliphatic carbocycles. The molecule has 2 aromatic rings. The average Bonchev–Trinajstić information content (AvgIpc) is 3.07. The number of nitriles is 1. The molecule has 1 aliphatic rings. The lowest BCUT2D eigenvalue weighted by Crippen LogP contribution is -2.48. The van der Waals surface area contributed by atoms with Crippen LogP contribution in [0.2, 0.25) is 5.02 Å². The highest BCUT2D eigenvalue weighted by Crippen LogP contribution is 2.35. The number of halogens is 5. The summed E-state index contributed by atoms with van der Waals surface area (Å²) in [6.07, 6.45) is -6.14. The van der Waals surface area contributed by atoms with Gasteiger partial charge >= 0.3 is 6.18 Å². The molecule has 0 amide bonds. The van der Waals surface area contributed by atoms with E-state index in [9.17, 15) is 41.5 Å². The van der Waals surface area contributed by atoms with Crippen molar-refractivity contribution in [2.45, 2.75) is 22.8 Å². The van der Waals surface area contributed by atoms with Crippen molar-refractivity contribution in [1.29, 1.82) is 5.26 Å². The molecular formula is C19H15ClF4N2O5S. The number of hydrogen-bond acceptors (Lipinski definition) is 6. The Labute approximate surface area is 185 Å². The molecule has 1 saturated heterocycles. The monoisotopic (exact) mass is 494 g/mol. The number of benzene rings is 2. The molecule has 0 aromatic heterocycles. The van der Waals surface area contributed by atoms with Gasteiger partial charge in [-0.2, -0.15) is 22.7 Å². The van der Waals surface area contributed by atoms with Crippen LogP contribution >= 0.6 is 11.6 Å². The van der Waals surface area contributed by atoms with Crippen LogP contribution in [0, 0.1) is 17.1 Å². The summed E-state index contributed by atoms with van der Waals surface area (Å²) < 4.78 is 84.6. The first-order valence-corrected chi connectivity index (χ1v) is 10.7. The lowest BCUT2D eigenvalue weighted by atomic mass is 10.0. The Morgan fingerprint density at radius 3 is 2.53 bits per heavy atom. The van der Waals surface area contributed by atoms with Crippen LogP contribution < -0.4 is 4.74 Å². The number of hydrogen-bond donors (Lipinski definition) is 2. The van der Waals surface area contributed by atoms with E-state index in [0.29, 0.717) is 22.5 Å². The molecule has 2 N–H and O–H groups in total. The first-order valence-electron chi connectivity index (χ1n) is 8.88. The molecule has 172 valence electrons. The van der Waals surface area contributed by atoms with Gasteiger partial charge in [0, 0.05) is 12.6 Å². The van der Waals surface area contributed by atoms with Gasteiger partial charge in [0.05, 0.1) is 34.2 Å². The molecule has 32 heavy (non-hydrogen) atoms. The number of ether oxygens (including phenoxy) is 1. The van der Waals surface area contributed by atoms with E-state index in [1.807, 2.05) is 0 Å². The Morgan fingerprint density at radius 2 is 1.97 bits per heavy atom. The molecule has 2 atom stereocenters. The second-order valence-electron chi connectivity index (χ2n) is 7.06. The molecule has 1 aliphatic heterocycles. The Hall–Kier alpha value is -2.43. The molecule has 0 radical (unpaired) electrons. The maximum atomic E-state index is 13.7. The second-order valence-corrected chi connectivity index (χ2v) is 9.38. The molecule has 3 rings (SSSR count). The molecule has 2 aromatic carbocycles. The molecular weight excluding hydrogens is 480 g/mol.